The first-order valence-electron chi connectivity index (χ1n) is 9.09. The van der Waals surface area contributed by atoms with E-state index in [1.807, 2.05) is 44.3 Å². The standard InChI is InChI=1S/C19H27N5O2/c1-14(2)24-12-17(21-22-24)19(26)9-4-10-23(13-19)11-15-5-7-16(8-6-15)18(25)20-3/h5-8,12,14,26H,4,9-11,13H2,1-3H3,(H,20,25)/t19-/m0/s1. The molecule has 2 heterocycles. The number of aromatic nitrogens is 3. The summed E-state index contributed by atoms with van der Waals surface area (Å²) in [5, 5.41) is 22.1. The molecule has 1 aliphatic rings. The second-order valence-electron chi connectivity index (χ2n) is 7.30. The van der Waals surface area contributed by atoms with Crippen LogP contribution in [0.25, 0.3) is 0 Å². The highest BCUT2D eigenvalue weighted by Crippen LogP contribution is 2.31. The molecule has 7 heteroatoms. The predicted octanol–water partition coefficient (Wildman–Crippen LogP) is 1.70. The molecule has 1 fully saturated rings. The van der Waals surface area contributed by atoms with Gasteiger partial charge in [-0.1, -0.05) is 17.3 Å². The van der Waals surface area contributed by atoms with Gasteiger partial charge < -0.3 is 10.4 Å². The summed E-state index contributed by atoms with van der Waals surface area (Å²) >= 11 is 0. The Morgan fingerprint density at radius 2 is 2.08 bits per heavy atom. The molecule has 1 aromatic heterocycles. The molecule has 3 rings (SSSR count). The van der Waals surface area contributed by atoms with E-state index in [9.17, 15) is 9.90 Å². The smallest absolute Gasteiger partial charge is 0.251 e. The third-order valence-corrected chi connectivity index (χ3v) is 4.92. The highest BCUT2D eigenvalue weighted by atomic mass is 16.3. The molecule has 0 unspecified atom stereocenters. The maximum absolute atomic E-state index is 11.6. The fourth-order valence-electron chi connectivity index (χ4n) is 3.37. The summed E-state index contributed by atoms with van der Waals surface area (Å²) in [5.74, 6) is -0.0860. The van der Waals surface area contributed by atoms with Crippen LogP contribution in [0.3, 0.4) is 0 Å². The van der Waals surface area contributed by atoms with Crippen LogP contribution >= 0.6 is 0 Å². The van der Waals surface area contributed by atoms with Crippen molar-refractivity contribution >= 4 is 5.91 Å². The number of likely N-dealkylation sites (tertiary alicyclic amines) is 1. The van der Waals surface area contributed by atoms with Crippen LogP contribution < -0.4 is 5.32 Å². The molecule has 1 aliphatic heterocycles. The molecule has 1 atom stereocenters. The number of nitrogens with zero attached hydrogens (tertiary/aromatic N) is 4. The third kappa shape index (κ3) is 3.94. The van der Waals surface area contributed by atoms with E-state index in [1.165, 1.54) is 0 Å². The quantitative estimate of drug-likeness (QED) is 0.851. The van der Waals surface area contributed by atoms with E-state index in [-0.39, 0.29) is 11.9 Å². The Morgan fingerprint density at radius 1 is 1.35 bits per heavy atom. The number of hydrogen-bond donors (Lipinski definition) is 2. The molecular weight excluding hydrogens is 330 g/mol. The maximum Gasteiger partial charge on any atom is 0.251 e. The van der Waals surface area contributed by atoms with Crippen molar-refractivity contribution < 1.29 is 9.90 Å². The summed E-state index contributed by atoms with van der Waals surface area (Å²) in [5.41, 5.74) is 1.45. The van der Waals surface area contributed by atoms with Gasteiger partial charge in [-0.05, 0) is 50.9 Å². The zero-order valence-electron chi connectivity index (χ0n) is 15.6. The molecule has 0 radical (unpaired) electrons. The van der Waals surface area contributed by atoms with Crippen LogP contribution in [-0.2, 0) is 12.1 Å². The monoisotopic (exact) mass is 357 g/mol. The number of carbonyl (C=O) groups excluding carboxylic acids is 1. The van der Waals surface area contributed by atoms with Gasteiger partial charge in [0.1, 0.15) is 11.3 Å². The van der Waals surface area contributed by atoms with Crippen LogP contribution in [0.4, 0.5) is 0 Å². The molecule has 7 nitrogen and oxygen atoms in total. The molecule has 0 spiro atoms. The first-order chi connectivity index (χ1) is 12.4. The van der Waals surface area contributed by atoms with E-state index < -0.39 is 5.60 Å². The van der Waals surface area contributed by atoms with Crippen molar-refractivity contribution in [2.45, 2.75) is 44.9 Å². The number of nitrogens with one attached hydrogen (secondary N) is 1. The van der Waals surface area contributed by atoms with Gasteiger partial charge in [0.05, 0.1) is 6.20 Å². The zero-order valence-corrected chi connectivity index (χ0v) is 15.6. The molecule has 1 saturated heterocycles. The lowest BCUT2D eigenvalue weighted by atomic mass is 9.89. The normalized spacial score (nSPS) is 21.1. The number of β-amino-alcohol motifs (C(OH)–C–C–N with tert-alkyl or cyclic N) is 1. The van der Waals surface area contributed by atoms with Crippen molar-refractivity contribution in [1.29, 1.82) is 0 Å². The van der Waals surface area contributed by atoms with Gasteiger partial charge in [-0.2, -0.15) is 0 Å². The number of hydrogen-bond acceptors (Lipinski definition) is 5. The SMILES string of the molecule is CNC(=O)c1ccc(CN2CCC[C@@](O)(c3cn(C(C)C)nn3)C2)cc1. The number of amides is 1. The molecular formula is C19H27N5O2. The summed E-state index contributed by atoms with van der Waals surface area (Å²) in [6, 6.07) is 7.82. The average molecular weight is 357 g/mol. The van der Waals surface area contributed by atoms with Crippen LogP contribution in [-0.4, -0.2) is 51.0 Å². The summed E-state index contributed by atoms with van der Waals surface area (Å²) in [6.07, 6.45) is 3.45. The molecule has 1 amide bonds. The van der Waals surface area contributed by atoms with Crippen LogP contribution in [0.1, 0.15) is 54.3 Å². The molecule has 0 saturated carbocycles. The van der Waals surface area contributed by atoms with E-state index in [0.717, 1.165) is 25.1 Å². The molecule has 0 bridgehead atoms. The van der Waals surface area contributed by atoms with Crippen LogP contribution in [0, 0.1) is 0 Å². The Balaban J connectivity index is 1.68. The van der Waals surface area contributed by atoms with Crippen molar-refractivity contribution in [2.75, 3.05) is 20.1 Å². The van der Waals surface area contributed by atoms with Crippen molar-refractivity contribution in [2.24, 2.45) is 0 Å². The summed E-state index contributed by atoms with van der Waals surface area (Å²) in [6.45, 7) is 6.27. The lowest BCUT2D eigenvalue weighted by molar-refractivity contribution is -0.0414. The Kier molecular flexibility index (Phi) is 5.38. The fourth-order valence-corrected chi connectivity index (χ4v) is 3.37. The minimum Gasteiger partial charge on any atom is -0.382 e. The van der Waals surface area contributed by atoms with Crippen molar-refractivity contribution in [3.05, 3.63) is 47.3 Å². The molecule has 140 valence electrons. The Hall–Kier alpha value is -2.25. The van der Waals surface area contributed by atoms with E-state index >= 15 is 0 Å². The van der Waals surface area contributed by atoms with Crippen LogP contribution in [0.15, 0.2) is 30.5 Å². The summed E-state index contributed by atoms with van der Waals surface area (Å²) in [4.78, 5) is 13.9. The van der Waals surface area contributed by atoms with Crippen molar-refractivity contribution in [3.63, 3.8) is 0 Å². The minimum absolute atomic E-state index is 0.0860. The fraction of sp³-hybridized carbons (Fsp3) is 0.526. The van der Waals surface area contributed by atoms with E-state index in [4.69, 9.17) is 0 Å². The second-order valence-corrected chi connectivity index (χ2v) is 7.30. The highest BCUT2D eigenvalue weighted by molar-refractivity contribution is 5.93. The minimum atomic E-state index is -0.965. The topological polar surface area (TPSA) is 83.3 Å². The number of aliphatic hydroxyl groups is 1. The molecule has 2 N–H and O–H groups in total. The number of benzene rings is 1. The van der Waals surface area contributed by atoms with Gasteiger partial charge in [0.15, 0.2) is 0 Å². The second kappa shape index (κ2) is 7.55. The summed E-state index contributed by atoms with van der Waals surface area (Å²) in [7, 11) is 1.63. The van der Waals surface area contributed by atoms with E-state index in [2.05, 4.69) is 20.5 Å². The average Bonchev–Trinajstić information content (AvgIpc) is 3.13. The lowest BCUT2D eigenvalue weighted by Gasteiger charge is -2.38. The van der Waals surface area contributed by atoms with Gasteiger partial charge in [-0.15, -0.1) is 5.10 Å². The maximum atomic E-state index is 11.6. The molecule has 2 aromatic rings. The number of piperidine rings is 1. The van der Waals surface area contributed by atoms with E-state index in [1.54, 1.807) is 11.7 Å². The first kappa shape index (κ1) is 18.5. The van der Waals surface area contributed by atoms with Crippen molar-refractivity contribution in [1.82, 2.24) is 25.2 Å². The van der Waals surface area contributed by atoms with Gasteiger partial charge >= 0.3 is 0 Å². The number of carbonyl (C=O) groups is 1. The van der Waals surface area contributed by atoms with Gasteiger partial charge in [-0.3, -0.25) is 9.69 Å². The van der Waals surface area contributed by atoms with Crippen LogP contribution in [0.2, 0.25) is 0 Å². The van der Waals surface area contributed by atoms with Gasteiger partial charge in [0.2, 0.25) is 0 Å². The Bertz CT molecular complexity index is 756. The van der Waals surface area contributed by atoms with Gasteiger partial charge in [-0.25, -0.2) is 4.68 Å². The zero-order chi connectivity index (χ0) is 18.7. The van der Waals surface area contributed by atoms with Gasteiger partial charge in [0, 0.05) is 31.7 Å². The molecule has 1 aromatic carbocycles. The molecule has 0 aliphatic carbocycles. The van der Waals surface area contributed by atoms with Crippen molar-refractivity contribution in [3.8, 4) is 0 Å². The number of rotatable bonds is 5. The molecule has 26 heavy (non-hydrogen) atoms. The largest absolute Gasteiger partial charge is 0.382 e. The first-order valence-corrected chi connectivity index (χ1v) is 9.09. The van der Waals surface area contributed by atoms with Crippen LogP contribution in [0.5, 0.6) is 0 Å². The highest BCUT2D eigenvalue weighted by Gasteiger charge is 2.37. The predicted molar refractivity (Wildman–Crippen MR) is 98.6 cm³/mol. The lowest BCUT2D eigenvalue weighted by Crippen LogP contribution is -2.45. The summed E-state index contributed by atoms with van der Waals surface area (Å²) < 4.78 is 1.78. The third-order valence-electron chi connectivity index (χ3n) is 4.92. The Labute approximate surface area is 154 Å². The van der Waals surface area contributed by atoms with E-state index in [0.29, 0.717) is 24.2 Å². The Morgan fingerprint density at radius 3 is 2.69 bits per heavy atom. The van der Waals surface area contributed by atoms with Gasteiger partial charge in [0.25, 0.3) is 5.91 Å².